The molecule has 0 aromatic carbocycles. The van der Waals surface area contributed by atoms with Crippen molar-refractivity contribution in [2.45, 2.75) is 79.1 Å². The predicted molar refractivity (Wildman–Crippen MR) is 100 cm³/mol. The maximum atomic E-state index is 9.39. The Balaban J connectivity index is 0. The molecule has 24 heavy (non-hydrogen) atoms. The molecule has 2 unspecified atom stereocenters. The summed E-state index contributed by atoms with van der Waals surface area (Å²) in [4.78, 5) is 15.3. The highest BCUT2D eigenvalue weighted by atomic mass is 31.2. The molecule has 0 aromatic rings. The molecule has 2 atom stereocenters. The Labute approximate surface area is 150 Å². The molecule has 0 aromatic heterocycles. The van der Waals surface area contributed by atoms with Crippen LogP contribution in [-0.4, -0.2) is 40.4 Å². The van der Waals surface area contributed by atoms with Crippen molar-refractivity contribution < 1.29 is 27.7 Å². The van der Waals surface area contributed by atoms with Gasteiger partial charge in [-0.2, -0.15) is 0 Å². The summed E-state index contributed by atoms with van der Waals surface area (Å²) in [6, 6.07) is 0. The predicted octanol–water partition coefficient (Wildman–Crippen LogP) is 5.31. The number of hydrogen-bond donors (Lipinski definition) is 2. The SMILES string of the molecule is CCCC[N+](CCCC)(CCCC)CCCC.O=[P+](O)O[P+](=O)O. The van der Waals surface area contributed by atoms with Crippen molar-refractivity contribution in [1.82, 2.24) is 0 Å². The third kappa shape index (κ3) is 16.9. The number of hydrogen-bond acceptors (Lipinski definition) is 3. The lowest BCUT2D eigenvalue weighted by molar-refractivity contribution is -0.929. The smallest absolute Gasteiger partial charge is 0.324 e. The Hall–Kier alpha value is 0.0400. The van der Waals surface area contributed by atoms with E-state index < -0.39 is 16.5 Å². The first-order valence-electron chi connectivity index (χ1n) is 9.22. The van der Waals surface area contributed by atoms with Gasteiger partial charge in [0.05, 0.1) is 26.2 Å². The summed E-state index contributed by atoms with van der Waals surface area (Å²) in [5, 5.41) is 0. The van der Waals surface area contributed by atoms with Gasteiger partial charge >= 0.3 is 16.5 Å². The number of unbranched alkanes of at least 4 members (excludes halogenated alkanes) is 4. The van der Waals surface area contributed by atoms with E-state index in [-0.39, 0.29) is 0 Å². The highest BCUT2D eigenvalue weighted by Gasteiger charge is 2.31. The van der Waals surface area contributed by atoms with Gasteiger partial charge in [-0.05, 0) is 25.7 Å². The third-order valence-electron chi connectivity index (χ3n) is 4.08. The van der Waals surface area contributed by atoms with Crippen LogP contribution in [0.15, 0.2) is 0 Å². The van der Waals surface area contributed by atoms with Gasteiger partial charge in [-0.15, -0.1) is 9.79 Å². The maximum absolute atomic E-state index is 9.39. The molecule has 0 heterocycles. The van der Waals surface area contributed by atoms with E-state index in [2.05, 4.69) is 32.0 Å². The van der Waals surface area contributed by atoms with Crippen molar-refractivity contribution >= 4 is 16.5 Å². The molecule has 0 bridgehead atoms. The topological polar surface area (TPSA) is 83.8 Å². The summed E-state index contributed by atoms with van der Waals surface area (Å²) in [7, 11) is -5.85. The molecular weight excluding hydrogens is 348 g/mol. The molecule has 0 aliphatic carbocycles. The van der Waals surface area contributed by atoms with E-state index >= 15 is 0 Å². The fourth-order valence-corrected chi connectivity index (χ4v) is 3.18. The zero-order chi connectivity index (χ0) is 18.8. The Morgan fingerprint density at radius 3 is 1.04 bits per heavy atom. The Morgan fingerprint density at radius 2 is 0.917 bits per heavy atom. The van der Waals surface area contributed by atoms with E-state index in [1.807, 2.05) is 0 Å². The zero-order valence-electron chi connectivity index (χ0n) is 15.9. The molecule has 2 N–H and O–H groups in total. The average Bonchev–Trinajstić information content (AvgIpc) is 2.53. The van der Waals surface area contributed by atoms with Crippen molar-refractivity contribution in [2.24, 2.45) is 0 Å². The normalized spacial score (nSPS) is 12.4. The van der Waals surface area contributed by atoms with Gasteiger partial charge in [0.1, 0.15) is 0 Å². The second-order valence-electron chi connectivity index (χ2n) is 6.21. The van der Waals surface area contributed by atoms with E-state index in [9.17, 15) is 9.13 Å². The van der Waals surface area contributed by atoms with Crippen molar-refractivity contribution in [2.75, 3.05) is 26.2 Å². The van der Waals surface area contributed by atoms with Crippen LogP contribution in [0.2, 0.25) is 0 Å². The summed E-state index contributed by atoms with van der Waals surface area (Å²) in [6.45, 7) is 15.0. The van der Waals surface area contributed by atoms with Gasteiger partial charge in [-0.3, -0.25) is 0 Å². The van der Waals surface area contributed by atoms with E-state index in [1.54, 1.807) is 0 Å². The third-order valence-corrected chi connectivity index (χ3v) is 5.20. The number of nitrogens with zero attached hydrogens (tertiary/aromatic N) is 1. The standard InChI is InChI=1S/C16H36N.O5P2/c1-5-9-13-17(14-10-6-2,15-11-7-3)16-12-8-4;1-6(2)5-7(3)4/h5-16H2,1-4H3;/q+1;/p+2. The molecule has 0 spiro atoms. The van der Waals surface area contributed by atoms with Gasteiger partial charge in [-0.25, -0.2) is 0 Å². The summed E-state index contributed by atoms with van der Waals surface area (Å²) in [5.74, 6) is 0. The minimum Gasteiger partial charge on any atom is -0.324 e. The molecule has 0 saturated carbocycles. The Bertz CT molecular complexity index is 280. The Kier molecular flexibility index (Phi) is 19.5. The first-order chi connectivity index (χ1) is 11.4. The second kappa shape index (κ2) is 17.8. The van der Waals surface area contributed by atoms with Gasteiger partial charge in [0, 0.05) is 9.13 Å². The molecule has 0 amide bonds. The number of quaternary nitrogens is 1. The van der Waals surface area contributed by atoms with Crippen LogP contribution in [0, 0.1) is 0 Å². The summed E-state index contributed by atoms with van der Waals surface area (Å²) in [6.07, 6.45) is 11.1. The molecule has 6 nitrogen and oxygen atoms in total. The molecule has 0 aliphatic heterocycles. The number of rotatable bonds is 14. The van der Waals surface area contributed by atoms with Gasteiger partial charge in [-0.1, -0.05) is 53.4 Å². The lowest BCUT2D eigenvalue weighted by Gasteiger charge is -2.39. The highest BCUT2D eigenvalue weighted by Crippen LogP contribution is 2.30. The zero-order valence-corrected chi connectivity index (χ0v) is 17.7. The minimum absolute atomic E-state index is 1.35. The molecule has 0 radical (unpaired) electrons. The van der Waals surface area contributed by atoms with Crippen molar-refractivity contribution in [3.05, 3.63) is 0 Å². The van der Waals surface area contributed by atoms with E-state index in [4.69, 9.17) is 9.79 Å². The quantitative estimate of drug-likeness (QED) is 0.312. The van der Waals surface area contributed by atoms with Crippen LogP contribution in [0.1, 0.15) is 79.1 Å². The van der Waals surface area contributed by atoms with Crippen molar-refractivity contribution in [3.63, 3.8) is 0 Å². The van der Waals surface area contributed by atoms with Crippen LogP contribution in [0.5, 0.6) is 0 Å². The van der Waals surface area contributed by atoms with Crippen LogP contribution < -0.4 is 0 Å². The fourth-order valence-electron chi connectivity index (χ4n) is 2.70. The maximum Gasteiger partial charge on any atom is 0.745 e. The van der Waals surface area contributed by atoms with E-state index in [0.717, 1.165) is 0 Å². The van der Waals surface area contributed by atoms with Gasteiger partial charge in [0.15, 0.2) is 4.31 Å². The molecule has 8 heteroatoms. The average molecular weight is 386 g/mol. The molecule has 0 aliphatic rings. The van der Waals surface area contributed by atoms with Gasteiger partial charge < -0.3 is 4.48 Å². The lowest BCUT2D eigenvalue weighted by atomic mass is 10.1. The lowest BCUT2D eigenvalue weighted by Crippen LogP contribution is -2.50. The van der Waals surface area contributed by atoms with Crippen LogP contribution >= 0.6 is 16.5 Å². The van der Waals surface area contributed by atoms with Crippen LogP contribution in [-0.2, 0) is 13.4 Å². The second-order valence-corrected chi connectivity index (χ2v) is 7.81. The summed E-state index contributed by atoms with van der Waals surface area (Å²) < 4.78 is 23.6. The van der Waals surface area contributed by atoms with E-state index in [1.165, 1.54) is 82.0 Å². The highest BCUT2D eigenvalue weighted by molar-refractivity contribution is 7.46. The molecule has 0 rings (SSSR count). The van der Waals surface area contributed by atoms with Gasteiger partial charge in [0.2, 0.25) is 0 Å². The summed E-state index contributed by atoms with van der Waals surface area (Å²) in [5.41, 5.74) is 0. The molecular formula is C16H38NO5P2+3. The van der Waals surface area contributed by atoms with Crippen LogP contribution in [0.4, 0.5) is 0 Å². The molecule has 0 saturated heterocycles. The van der Waals surface area contributed by atoms with E-state index in [0.29, 0.717) is 0 Å². The molecule has 0 fully saturated rings. The Morgan fingerprint density at radius 1 is 0.667 bits per heavy atom. The van der Waals surface area contributed by atoms with Crippen LogP contribution in [0.3, 0.4) is 0 Å². The minimum atomic E-state index is -2.92. The first kappa shape index (κ1) is 26.3. The van der Waals surface area contributed by atoms with Crippen molar-refractivity contribution in [1.29, 1.82) is 0 Å². The molecule has 144 valence electrons. The van der Waals surface area contributed by atoms with Gasteiger partial charge in [0.25, 0.3) is 0 Å². The van der Waals surface area contributed by atoms with Crippen LogP contribution in [0.25, 0.3) is 0 Å². The fraction of sp³-hybridized carbons (Fsp3) is 1.00. The monoisotopic (exact) mass is 386 g/mol. The largest absolute Gasteiger partial charge is 0.745 e. The van der Waals surface area contributed by atoms with Crippen molar-refractivity contribution in [3.8, 4) is 0 Å². The first-order valence-corrected chi connectivity index (χ1v) is 11.5. The summed E-state index contributed by atoms with van der Waals surface area (Å²) >= 11 is 0.